The fourth-order valence-corrected chi connectivity index (χ4v) is 3.56. The molecule has 1 fully saturated rings. The van der Waals surface area contributed by atoms with Crippen molar-refractivity contribution in [1.82, 2.24) is 0 Å². The maximum absolute atomic E-state index is 12.9. The van der Waals surface area contributed by atoms with Gasteiger partial charge in [-0.15, -0.1) is 11.8 Å². The van der Waals surface area contributed by atoms with Crippen LogP contribution in [0.1, 0.15) is 42.4 Å². The van der Waals surface area contributed by atoms with E-state index >= 15 is 0 Å². The first-order chi connectivity index (χ1) is 10.2. The predicted octanol–water partition coefficient (Wildman–Crippen LogP) is 4.92. The lowest BCUT2D eigenvalue weighted by molar-refractivity contribution is 0.201. The van der Waals surface area contributed by atoms with Crippen LogP contribution in [0.25, 0.3) is 0 Å². The molecule has 0 heterocycles. The van der Waals surface area contributed by atoms with Gasteiger partial charge in [-0.3, -0.25) is 0 Å². The van der Waals surface area contributed by atoms with E-state index in [1.807, 2.05) is 12.1 Å². The molecule has 0 amide bonds. The van der Waals surface area contributed by atoms with Gasteiger partial charge in [0.25, 0.3) is 0 Å². The summed E-state index contributed by atoms with van der Waals surface area (Å²) in [7, 11) is 0. The molecule has 3 rings (SSSR count). The van der Waals surface area contributed by atoms with Crippen LogP contribution in [-0.2, 0) is 0 Å². The molecule has 1 unspecified atom stereocenters. The number of aliphatic hydroxyl groups is 1. The molecule has 2 aromatic rings. The molecule has 0 aromatic heterocycles. The van der Waals surface area contributed by atoms with Crippen LogP contribution in [0.3, 0.4) is 0 Å². The lowest BCUT2D eigenvalue weighted by Crippen LogP contribution is -2.13. The molecule has 0 aliphatic heterocycles. The quantitative estimate of drug-likeness (QED) is 0.791. The van der Waals surface area contributed by atoms with Crippen molar-refractivity contribution >= 4 is 11.8 Å². The highest BCUT2D eigenvalue weighted by atomic mass is 32.2. The topological polar surface area (TPSA) is 20.2 Å². The third-order valence-corrected chi connectivity index (χ3v) is 5.21. The minimum absolute atomic E-state index is 0.227. The summed E-state index contributed by atoms with van der Waals surface area (Å²) in [6.45, 7) is 0. The van der Waals surface area contributed by atoms with Gasteiger partial charge in [-0.05, 0) is 54.2 Å². The monoisotopic (exact) mass is 302 g/mol. The molecule has 1 saturated carbocycles. The van der Waals surface area contributed by atoms with E-state index in [-0.39, 0.29) is 5.82 Å². The smallest absolute Gasteiger partial charge is 0.123 e. The lowest BCUT2D eigenvalue weighted by Gasteiger charge is -2.29. The zero-order chi connectivity index (χ0) is 14.7. The van der Waals surface area contributed by atoms with E-state index in [0.29, 0.717) is 11.7 Å². The van der Waals surface area contributed by atoms with Crippen molar-refractivity contribution in [2.45, 2.75) is 36.2 Å². The SMILES string of the molecule is OC(CSc1ccc(F)cc1)c1ccccc1C1CCC1. The molecule has 0 spiro atoms. The molecule has 110 valence electrons. The minimum atomic E-state index is -0.475. The first-order valence-electron chi connectivity index (χ1n) is 7.39. The van der Waals surface area contributed by atoms with Crippen LogP contribution in [0.4, 0.5) is 4.39 Å². The van der Waals surface area contributed by atoms with E-state index in [1.165, 1.54) is 37.0 Å². The van der Waals surface area contributed by atoms with E-state index in [4.69, 9.17) is 0 Å². The summed E-state index contributed by atoms with van der Waals surface area (Å²) in [4.78, 5) is 0.983. The summed E-state index contributed by atoms with van der Waals surface area (Å²) < 4.78 is 12.9. The van der Waals surface area contributed by atoms with E-state index < -0.39 is 6.10 Å². The molecule has 0 saturated heterocycles. The van der Waals surface area contributed by atoms with Gasteiger partial charge in [0.2, 0.25) is 0 Å². The standard InChI is InChI=1S/C18H19FOS/c19-14-8-10-15(11-9-14)21-12-18(20)17-7-2-1-6-16(17)13-4-3-5-13/h1-2,6-11,13,18,20H,3-5,12H2. The molecular formula is C18H19FOS. The summed E-state index contributed by atoms with van der Waals surface area (Å²) in [5.41, 5.74) is 2.35. The summed E-state index contributed by atoms with van der Waals surface area (Å²) in [6, 6.07) is 14.6. The van der Waals surface area contributed by atoms with Crippen molar-refractivity contribution in [3.05, 3.63) is 65.5 Å². The van der Waals surface area contributed by atoms with Gasteiger partial charge in [-0.25, -0.2) is 4.39 Å². The summed E-state index contributed by atoms with van der Waals surface area (Å²) >= 11 is 1.56. The van der Waals surface area contributed by atoms with Crippen molar-refractivity contribution in [3.8, 4) is 0 Å². The fourth-order valence-electron chi connectivity index (χ4n) is 2.70. The molecule has 3 heteroatoms. The van der Waals surface area contributed by atoms with Gasteiger partial charge in [0, 0.05) is 10.6 Å². The highest BCUT2D eigenvalue weighted by molar-refractivity contribution is 7.99. The predicted molar refractivity (Wildman–Crippen MR) is 85.1 cm³/mol. The molecule has 0 radical (unpaired) electrons. The first-order valence-corrected chi connectivity index (χ1v) is 8.38. The van der Waals surface area contributed by atoms with Gasteiger partial charge in [-0.2, -0.15) is 0 Å². The zero-order valence-corrected chi connectivity index (χ0v) is 12.7. The minimum Gasteiger partial charge on any atom is -0.388 e. The summed E-state index contributed by atoms with van der Waals surface area (Å²) in [6.07, 6.45) is 3.28. The number of hydrogen-bond donors (Lipinski definition) is 1. The van der Waals surface area contributed by atoms with Crippen LogP contribution in [0.2, 0.25) is 0 Å². The third kappa shape index (κ3) is 3.47. The van der Waals surface area contributed by atoms with Gasteiger partial charge in [0.1, 0.15) is 5.82 Å². The first kappa shape index (κ1) is 14.6. The molecule has 1 N–H and O–H groups in total. The van der Waals surface area contributed by atoms with E-state index in [9.17, 15) is 9.50 Å². The van der Waals surface area contributed by atoms with Crippen molar-refractivity contribution in [1.29, 1.82) is 0 Å². The van der Waals surface area contributed by atoms with Crippen molar-refractivity contribution < 1.29 is 9.50 Å². The average molecular weight is 302 g/mol. The Hall–Kier alpha value is -1.32. The Morgan fingerprint density at radius 2 is 1.81 bits per heavy atom. The molecule has 0 bridgehead atoms. The van der Waals surface area contributed by atoms with Crippen LogP contribution >= 0.6 is 11.8 Å². The van der Waals surface area contributed by atoms with Gasteiger partial charge in [0.15, 0.2) is 0 Å². The number of thioether (sulfide) groups is 1. The maximum atomic E-state index is 12.9. The second-order valence-electron chi connectivity index (χ2n) is 5.54. The Balaban J connectivity index is 1.67. The van der Waals surface area contributed by atoms with Gasteiger partial charge in [0.05, 0.1) is 6.10 Å². The lowest BCUT2D eigenvalue weighted by atomic mass is 9.77. The van der Waals surface area contributed by atoms with Gasteiger partial charge >= 0.3 is 0 Å². The largest absolute Gasteiger partial charge is 0.388 e. The molecule has 21 heavy (non-hydrogen) atoms. The molecular weight excluding hydrogens is 283 g/mol. The Labute approximate surface area is 129 Å². The molecule has 1 aliphatic rings. The highest BCUT2D eigenvalue weighted by Crippen LogP contribution is 2.40. The second kappa shape index (κ2) is 6.63. The van der Waals surface area contributed by atoms with E-state index in [1.54, 1.807) is 23.9 Å². The van der Waals surface area contributed by atoms with E-state index in [2.05, 4.69) is 12.1 Å². The van der Waals surface area contributed by atoms with Crippen LogP contribution in [0.5, 0.6) is 0 Å². The highest BCUT2D eigenvalue weighted by Gasteiger charge is 2.24. The number of halogens is 1. The molecule has 2 aromatic carbocycles. The van der Waals surface area contributed by atoms with E-state index in [0.717, 1.165) is 10.5 Å². The Kier molecular flexibility index (Phi) is 4.61. The molecule has 1 atom stereocenters. The maximum Gasteiger partial charge on any atom is 0.123 e. The van der Waals surface area contributed by atoms with Gasteiger partial charge in [-0.1, -0.05) is 30.7 Å². The Morgan fingerprint density at radius 1 is 1.10 bits per heavy atom. The van der Waals surface area contributed by atoms with Crippen LogP contribution in [-0.4, -0.2) is 10.9 Å². The van der Waals surface area contributed by atoms with Crippen LogP contribution in [0.15, 0.2) is 53.4 Å². The number of aliphatic hydroxyl groups excluding tert-OH is 1. The molecule has 1 aliphatic carbocycles. The Bertz CT molecular complexity index is 592. The second-order valence-corrected chi connectivity index (χ2v) is 6.63. The number of benzene rings is 2. The van der Waals surface area contributed by atoms with Crippen molar-refractivity contribution in [2.24, 2.45) is 0 Å². The van der Waals surface area contributed by atoms with Crippen LogP contribution < -0.4 is 0 Å². The fraction of sp³-hybridized carbons (Fsp3) is 0.333. The normalized spacial score (nSPS) is 16.5. The Morgan fingerprint density at radius 3 is 2.48 bits per heavy atom. The number of rotatable bonds is 5. The third-order valence-electron chi connectivity index (χ3n) is 4.12. The summed E-state index contributed by atoms with van der Waals surface area (Å²) in [5.74, 6) is 0.983. The van der Waals surface area contributed by atoms with Crippen molar-refractivity contribution in [2.75, 3.05) is 5.75 Å². The summed E-state index contributed by atoms with van der Waals surface area (Å²) in [5, 5.41) is 10.5. The number of hydrogen-bond acceptors (Lipinski definition) is 2. The average Bonchev–Trinajstić information content (AvgIpc) is 2.45. The van der Waals surface area contributed by atoms with Gasteiger partial charge < -0.3 is 5.11 Å². The molecule has 1 nitrogen and oxygen atoms in total. The van der Waals surface area contributed by atoms with Crippen molar-refractivity contribution in [3.63, 3.8) is 0 Å². The van der Waals surface area contributed by atoms with Crippen LogP contribution in [0, 0.1) is 5.82 Å². The zero-order valence-electron chi connectivity index (χ0n) is 11.8.